The van der Waals surface area contributed by atoms with E-state index in [1.807, 2.05) is 18.2 Å². The van der Waals surface area contributed by atoms with Crippen LogP contribution < -0.4 is 5.32 Å². The van der Waals surface area contributed by atoms with Gasteiger partial charge in [0.05, 0.1) is 13.2 Å². The first-order chi connectivity index (χ1) is 8.86. The van der Waals surface area contributed by atoms with Crippen molar-refractivity contribution in [2.45, 2.75) is 0 Å². The number of benzene rings is 1. The molecule has 0 radical (unpaired) electrons. The van der Waals surface area contributed by atoms with Gasteiger partial charge in [0.25, 0.3) is 0 Å². The van der Waals surface area contributed by atoms with Crippen LogP contribution in [0.15, 0.2) is 36.9 Å². The number of nitrogens with zero attached hydrogens (tertiary/aromatic N) is 1. The largest absolute Gasteiger partial charge is 0.379 e. The Hall–Kier alpha value is -1.16. The third-order valence-corrected chi connectivity index (χ3v) is 3.23. The quantitative estimate of drug-likeness (QED) is 0.772. The summed E-state index contributed by atoms with van der Waals surface area (Å²) in [6.07, 6.45) is 0. The Morgan fingerprint density at radius 3 is 2.67 bits per heavy atom. The minimum atomic E-state index is 0.856. The van der Waals surface area contributed by atoms with Gasteiger partial charge in [-0.2, -0.15) is 0 Å². The summed E-state index contributed by atoms with van der Waals surface area (Å²) in [6.45, 7) is 10.9. The highest BCUT2D eigenvalue weighted by Gasteiger charge is 2.08. The van der Waals surface area contributed by atoms with Gasteiger partial charge in [0.15, 0.2) is 0 Å². The molecule has 1 N–H and O–H groups in total. The second-order valence-electron chi connectivity index (χ2n) is 4.60. The molecule has 1 aliphatic heterocycles. The van der Waals surface area contributed by atoms with Gasteiger partial charge in [0.1, 0.15) is 0 Å². The molecule has 0 atom stereocenters. The van der Waals surface area contributed by atoms with E-state index in [0.717, 1.165) is 51.5 Å². The number of hydrogen-bond acceptors (Lipinski definition) is 3. The summed E-state index contributed by atoms with van der Waals surface area (Å²) in [5.41, 5.74) is 2.37. The number of nitrogens with one attached hydrogen (secondary N) is 1. The fraction of sp³-hybridized carbons (Fsp3) is 0.467. The maximum atomic E-state index is 5.33. The zero-order valence-corrected chi connectivity index (χ0v) is 10.9. The van der Waals surface area contributed by atoms with E-state index in [2.05, 4.69) is 28.9 Å². The Balaban J connectivity index is 1.62. The second kappa shape index (κ2) is 7.31. The third kappa shape index (κ3) is 4.26. The van der Waals surface area contributed by atoms with Gasteiger partial charge in [-0.05, 0) is 11.1 Å². The lowest BCUT2D eigenvalue weighted by Crippen LogP contribution is -2.40. The van der Waals surface area contributed by atoms with Crippen molar-refractivity contribution in [2.75, 3.05) is 45.9 Å². The predicted molar refractivity (Wildman–Crippen MR) is 75.6 cm³/mol. The van der Waals surface area contributed by atoms with Crippen LogP contribution in [0, 0.1) is 0 Å². The summed E-state index contributed by atoms with van der Waals surface area (Å²) in [5.74, 6) is 0. The van der Waals surface area contributed by atoms with E-state index >= 15 is 0 Å². The van der Waals surface area contributed by atoms with Gasteiger partial charge in [-0.3, -0.25) is 4.90 Å². The Labute approximate surface area is 109 Å². The lowest BCUT2D eigenvalue weighted by molar-refractivity contribution is 0.0385. The molecule has 0 aromatic heterocycles. The summed E-state index contributed by atoms with van der Waals surface area (Å²) in [5, 5.41) is 3.45. The van der Waals surface area contributed by atoms with E-state index in [4.69, 9.17) is 4.74 Å². The molecular formula is C15H22N2O. The van der Waals surface area contributed by atoms with Gasteiger partial charge in [0, 0.05) is 32.7 Å². The van der Waals surface area contributed by atoms with Crippen LogP contribution in [0.25, 0.3) is 5.57 Å². The van der Waals surface area contributed by atoms with Crippen molar-refractivity contribution in [1.29, 1.82) is 0 Å². The SMILES string of the molecule is C=C(CNCCN1CCOCC1)c1ccccc1. The van der Waals surface area contributed by atoms with Gasteiger partial charge < -0.3 is 10.1 Å². The molecule has 0 amide bonds. The number of rotatable bonds is 6. The fourth-order valence-corrected chi connectivity index (χ4v) is 2.08. The van der Waals surface area contributed by atoms with Crippen LogP contribution in [0.1, 0.15) is 5.56 Å². The van der Waals surface area contributed by atoms with Crippen LogP contribution in [0.2, 0.25) is 0 Å². The Morgan fingerprint density at radius 1 is 1.22 bits per heavy atom. The van der Waals surface area contributed by atoms with Crippen molar-refractivity contribution in [3.63, 3.8) is 0 Å². The average Bonchev–Trinajstić information content (AvgIpc) is 2.45. The lowest BCUT2D eigenvalue weighted by Gasteiger charge is -2.26. The first kappa shape index (κ1) is 13.3. The molecule has 3 heteroatoms. The van der Waals surface area contributed by atoms with Crippen LogP contribution in [0.4, 0.5) is 0 Å². The molecule has 0 aliphatic carbocycles. The van der Waals surface area contributed by atoms with Gasteiger partial charge in [-0.15, -0.1) is 0 Å². The van der Waals surface area contributed by atoms with Crippen molar-refractivity contribution in [3.05, 3.63) is 42.5 Å². The number of morpholine rings is 1. The summed E-state index contributed by atoms with van der Waals surface area (Å²) < 4.78 is 5.33. The smallest absolute Gasteiger partial charge is 0.0594 e. The molecule has 1 aromatic carbocycles. The first-order valence-electron chi connectivity index (χ1n) is 6.60. The summed E-state index contributed by atoms with van der Waals surface area (Å²) in [7, 11) is 0. The monoisotopic (exact) mass is 246 g/mol. The van der Waals surface area contributed by atoms with E-state index in [1.165, 1.54) is 5.56 Å². The summed E-state index contributed by atoms with van der Waals surface area (Å²) in [4.78, 5) is 2.43. The normalized spacial score (nSPS) is 16.7. The molecule has 18 heavy (non-hydrogen) atoms. The van der Waals surface area contributed by atoms with E-state index < -0.39 is 0 Å². The van der Waals surface area contributed by atoms with Gasteiger partial charge in [-0.1, -0.05) is 36.9 Å². The molecule has 0 spiro atoms. The molecule has 1 aromatic rings. The Bertz CT molecular complexity index is 358. The highest BCUT2D eigenvalue weighted by Crippen LogP contribution is 2.09. The second-order valence-corrected chi connectivity index (χ2v) is 4.60. The van der Waals surface area contributed by atoms with Crippen LogP contribution in [0.3, 0.4) is 0 Å². The van der Waals surface area contributed by atoms with Crippen molar-refractivity contribution in [1.82, 2.24) is 10.2 Å². The van der Waals surface area contributed by atoms with Crippen LogP contribution in [0.5, 0.6) is 0 Å². The van der Waals surface area contributed by atoms with Crippen molar-refractivity contribution in [3.8, 4) is 0 Å². The summed E-state index contributed by atoms with van der Waals surface area (Å²) >= 11 is 0. The highest BCUT2D eigenvalue weighted by atomic mass is 16.5. The Morgan fingerprint density at radius 2 is 1.94 bits per heavy atom. The molecule has 1 saturated heterocycles. The third-order valence-electron chi connectivity index (χ3n) is 3.23. The van der Waals surface area contributed by atoms with Gasteiger partial charge >= 0.3 is 0 Å². The molecule has 98 valence electrons. The van der Waals surface area contributed by atoms with Crippen LogP contribution in [-0.4, -0.2) is 50.8 Å². The van der Waals surface area contributed by atoms with Crippen molar-refractivity contribution in [2.24, 2.45) is 0 Å². The molecule has 1 fully saturated rings. The molecule has 0 bridgehead atoms. The molecule has 3 nitrogen and oxygen atoms in total. The lowest BCUT2D eigenvalue weighted by atomic mass is 10.1. The van der Waals surface area contributed by atoms with E-state index in [1.54, 1.807) is 0 Å². The highest BCUT2D eigenvalue weighted by molar-refractivity contribution is 5.64. The standard InChI is InChI=1S/C15H22N2O/c1-14(15-5-3-2-4-6-15)13-16-7-8-17-9-11-18-12-10-17/h2-6,16H,1,7-13H2. The number of hydrogen-bond donors (Lipinski definition) is 1. The molecule has 0 unspecified atom stereocenters. The average molecular weight is 246 g/mol. The Kier molecular flexibility index (Phi) is 5.39. The molecule has 2 rings (SSSR count). The first-order valence-corrected chi connectivity index (χ1v) is 6.60. The van der Waals surface area contributed by atoms with Crippen LogP contribution in [-0.2, 0) is 4.74 Å². The molecular weight excluding hydrogens is 224 g/mol. The van der Waals surface area contributed by atoms with Gasteiger partial charge in [-0.25, -0.2) is 0 Å². The summed E-state index contributed by atoms with van der Waals surface area (Å²) in [6, 6.07) is 10.3. The number of ether oxygens (including phenoxy) is 1. The zero-order valence-electron chi connectivity index (χ0n) is 10.9. The van der Waals surface area contributed by atoms with E-state index in [9.17, 15) is 0 Å². The maximum Gasteiger partial charge on any atom is 0.0594 e. The van der Waals surface area contributed by atoms with E-state index in [0.29, 0.717) is 0 Å². The van der Waals surface area contributed by atoms with E-state index in [-0.39, 0.29) is 0 Å². The fourth-order valence-electron chi connectivity index (χ4n) is 2.08. The maximum absolute atomic E-state index is 5.33. The molecule has 0 saturated carbocycles. The predicted octanol–water partition coefficient (Wildman–Crippen LogP) is 1.62. The van der Waals surface area contributed by atoms with Crippen molar-refractivity contribution < 1.29 is 4.74 Å². The minimum absolute atomic E-state index is 0.856. The van der Waals surface area contributed by atoms with Crippen LogP contribution >= 0.6 is 0 Å². The molecule has 1 aliphatic rings. The van der Waals surface area contributed by atoms with Gasteiger partial charge in [0.2, 0.25) is 0 Å². The zero-order chi connectivity index (χ0) is 12.6. The molecule has 1 heterocycles. The van der Waals surface area contributed by atoms with Crippen molar-refractivity contribution >= 4 is 5.57 Å². The minimum Gasteiger partial charge on any atom is -0.379 e. The topological polar surface area (TPSA) is 24.5 Å².